The van der Waals surface area contributed by atoms with Gasteiger partial charge in [-0.05, 0) is 54.7 Å². The predicted molar refractivity (Wildman–Crippen MR) is 87.5 cm³/mol. The Balaban J connectivity index is 1.73. The van der Waals surface area contributed by atoms with E-state index < -0.39 is 6.36 Å². The summed E-state index contributed by atoms with van der Waals surface area (Å²) < 4.78 is 40.7. The summed E-state index contributed by atoms with van der Waals surface area (Å²) in [7, 11) is 0. The molecule has 0 aliphatic heterocycles. The molecule has 0 spiro atoms. The number of nitrogens with one attached hydrogen (secondary N) is 1. The van der Waals surface area contributed by atoms with Crippen LogP contribution >= 0.6 is 0 Å². The van der Waals surface area contributed by atoms with Gasteiger partial charge in [0.25, 0.3) is 5.91 Å². The van der Waals surface area contributed by atoms with Gasteiger partial charge in [-0.15, -0.1) is 13.2 Å². The quantitative estimate of drug-likeness (QED) is 0.888. The number of benzene rings is 2. The largest absolute Gasteiger partial charge is 0.573 e. The van der Waals surface area contributed by atoms with E-state index in [2.05, 4.69) is 10.1 Å². The van der Waals surface area contributed by atoms with Crippen molar-refractivity contribution in [3.63, 3.8) is 0 Å². The second-order valence-electron chi connectivity index (χ2n) is 6.02. The number of ether oxygens (including phenoxy) is 1. The lowest BCUT2D eigenvalue weighted by atomic mass is 9.87. The highest BCUT2D eigenvalue weighted by Crippen LogP contribution is 2.26. The number of hydrogen-bond donors (Lipinski definition) is 2. The van der Waals surface area contributed by atoms with Crippen LogP contribution in [0.3, 0.4) is 0 Å². The smallest absolute Gasteiger partial charge is 0.406 e. The molecular formula is C18H17F3N2O2. The first-order valence-corrected chi connectivity index (χ1v) is 7.85. The van der Waals surface area contributed by atoms with Crippen molar-refractivity contribution in [1.29, 1.82) is 0 Å². The molecule has 0 fully saturated rings. The summed E-state index contributed by atoms with van der Waals surface area (Å²) in [5.74, 6) is -0.772. The minimum Gasteiger partial charge on any atom is -0.406 e. The van der Waals surface area contributed by atoms with Crippen LogP contribution in [0.5, 0.6) is 5.75 Å². The van der Waals surface area contributed by atoms with Gasteiger partial charge in [0.1, 0.15) is 5.75 Å². The maximum absolute atomic E-state index is 12.4. The van der Waals surface area contributed by atoms with Gasteiger partial charge < -0.3 is 15.8 Å². The molecule has 4 nitrogen and oxygen atoms in total. The van der Waals surface area contributed by atoms with Gasteiger partial charge in [-0.3, -0.25) is 4.79 Å². The molecule has 0 unspecified atom stereocenters. The Labute approximate surface area is 142 Å². The third-order valence-electron chi connectivity index (χ3n) is 4.06. The Hall–Kier alpha value is -2.54. The van der Waals surface area contributed by atoms with E-state index in [1.54, 1.807) is 6.07 Å². The minimum atomic E-state index is -4.78. The summed E-state index contributed by atoms with van der Waals surface area (Å²) in [6.07, 6.45) is -2.31. The van der Waals surface area contributed by atoms with Gasteiger partial charge >= 0.3 is 6.36 Å². The Morgan fingerprint density at radius 3 is 2.72 bits per heavy atom. The van der Waals surface area contributed by atoms with Crippen LogP contribution in [0.25, 0.3) is 0 Å². The topological polar surface area (TPSA) is 64.4 Å². The molecule has 0 heterocycles. The van der Waals surface area contributed by atoms with Gasteiger partial charge in [-0.1, -0.05) is 12.1 Å². The Morgan fingerprint density at radius 1 is 1.16 bits per heavy atom. The van der Waals surface area contributed by atoms with E-state index in [4.69, 9.17) is 5.73 Å². The van der Waals surface area contributed by atoms with Crippen LogP contribution in [-0.2, 0) is 12.8 Å². The minimum absolute atomic E-state index is 0.142. The standard InChI is InChI=1S/C18H17F3N2O2/c19-18(20,21)25-16-3-1-2-15(10-16)23-17(24)13-5-4-12-9-14(22)7-6-11(12)8-13/h1-5,8,10,14H,6-7,9,22H2,(H,23,24)/t14-/m1/s1. The van der Waals surface area contributed by atoms with E-state index in [-0.39, 0.29) is 23.4 Å². The fourth-order valence-electron chi connectivity index (χ4n) is 2.90. The normalized spacial score (nSPS) is 16.9. The molecule has 2 aromatic carbocycles. The van der Waals surface area contributed by atoms with E-state index >= 15 is 0 Å². The van der Waals surface area contributed by atoms with Gasteiger partial charge in [0, 0.05) is 23.4 Å². The molecule has 0 aromatic heterocycles. The van der Waals surface area contributed by atoms with Crippen molar-refractivity contribution in [3.8, 4) is 5.75 Å². The maximum atomic E-state index is 12.4. The highest BCUT2D eigenvalue weighted by molar-refractivity contribution is 6.04. The zero-order chi connectivity index (χ0) is 18.0. The van der Waals surface area contributed by atoms with Crippen molar-refractivity contribution in [2.75, 3.05) is 5.32 Å². The zero-order valence-electron chi connectivity index (χ0n) is 13.3. The lowest BCUT2D eigenvalue weighted by Gasteiger charge is -2.21. The summed E-state index contributed by atoms with van der Waals surface area (Å²) in [6, 6.07) is 10.7. The molecule has 1 atom stereocenters. The highest BCUT2D eigenvalue weighted by atomic mass is 19.4. The Bertz CT molecular complexity index is 790. The van der Waals surface area contributed by atoms with E-state index in [9.17, 15) is 18.0 Å². The fourth-order valence-corrected chi connectivity index (χ4v) is 2.90. The summed E-state index contributed by atoms with van der Waals surface area (Å²) >= 11 is 0. The number of hydrogen-bond acceptors (Lipinski definition) is 3. The lowest BCUT2D eigenvalue weighted by molar-refractivity contribution is -0.274. The third-order valence-corrected chi connectivity index (χ3v) is 4.06. The number of carbonyl (C=O) groups is 1. The van der Waals surface area contributed by atoms with Gasteiger partial charge in [0.2, 0.25) is 0 Å². The van der Waals surface area contributed by atoms with Crippen molar-refractivity contribution in [2.24, 2.45) is 5.73 Å². The molecule has 25 heavy (non-hydrogen) atoms. The zero-order valence-corrected chi connectivity index (χ0v) is 13.3. The van der Waals surface area contributed by atoms with Crippen molar-refractivity contribution >= 4 is 11.6 Å². The average molecular weight is 350 g/mol. The molecular weight excluding hydrogens is 333 g/mol. The number of rotatable bonds is 3. The van der Waals surface area contributed by atoms with Crippen LogP contribution in [0.1, 0.15) is 27.9 Å². The number of aryl methyl sites for hydroxylation is 1. The highest BCUT2D eigenvalue weighted by Gasteiger charge is 2.31. The van der Waals surface area contributed by atoms with E-state index in [1.165, 1.54) is 18.2 Å². The van der Waals surface area contributed by atoms with Crippen LogP contribution in [-0.4, -0.2) is 18.3 Å². The number of alkyl halides is 3. The Morgan fingerprint density at radius 2 is 1.96 bits per heavy atom. The second kappa shape index (κ2) is 6.76. The molecule has 1 aliphatic rings. The van der Waals surface area contributed by atoms with Crippen LogP contribution < -0.4 is 15.8 Å². The van der Waals surface area contributed by atoms with Crippen molar-refractivity contribution in [2.45, 2.75) is 31.7 Å². The molecule has 3 N–H and O–H groups in total. The average Bonchev–Trinajstić information content (AvgIpc) is 2.53. The van der Waals surface area contributed by atoms with Gasteiger partial charge in [-0.25, -0.2) is 0 Å². The molecule has 0 saturated heterocycles. The van der Waals surface area contributed by atoms with Gasteiger partial charge in [0.05, 0.1) is 0 Å². The van der Waals surface area contributed by atoms with Crippen LogP contribution in [0, 0.1) is 0 Å². The van der Waals surface area contributed by atoms with Crippen LogP contribution in [0.15, 0.2) is 42.5 Å². The number of carbonyl (C=O) groups excluding carboxylic acids is 1. The monoisotopic (exact) mass is 350 g/mol. The first-order chi connectivity index (χ1) is 11.8. The first-order valence-electron chi connectivity index (χ1n) is 7.85. The summed E-state index contributed by atoms with van der Waals surface area (Å²) in [4.78, 5) is 12.4. The molecule has 2 aromatic rings. The number of anilines is 1. The van der Waals surface area contributed by atoms with Crippen LogP contribution in [0.2, 0.25) is 0 Å². The molecule has 0 bridgehead atoms. The molecule has 1 amide bonds. The second-order valence-corrected chi connectivity index (χ2v) is 6.02. The fraction of sp³-hybridized carbons (Fsp3) is 0.278. The summed E-state index contributed by atoms with van der Waals surface area (Å²) in [5, 5.41) is 2.59. The molecule has 1 aliphatic carbocycles. The molecule has 0 saturated carbocycles. The third kappa shape index (κ3) is 4.51. The SMILES string of the molecule is N[C@@H]1CCc2cc(C(=O)Nc3cccc(OC(F)(F)F)c3)ccc2C1. The summed E-state index contributed by atoms with van der Waals surface area (Å²) in [5.41, 5.74) is 8.84. The van der Waals surface area contributed by atoms with Crippen LogP contribution in [0.4, 0.5) is 18.9 Å². The number of amides is 1. The van der Waals surface area contributed by atoms with E-state index in [1.807, 2.05) is 12.1 Å². The molecule has 0 radical (unpaired) electrons. The molecule has 132 valence electrons. The molecule has 7 heteroatoms. The summed E-state index contributed by atoms with van der Waals surface area (Å²) in [6.45, 7) is 0. The van der Waals surface area contributed by atoms with Gasteiger partial charge in [-0.2, -0.15) is 0 Å². The number of halogens is 3. The maximum Gasteiger partial charge on any atom is 0.573 e. The lowest BCUT2D eigenvalue weighted by Crippen LogP contribution is -2.28. The van der Waals surface area contributed by atoms with Crippen molar-refractivity contribution < 1.29 is 22.7 Å². The number of nitrogens with two attached hydrogens (primary N) is 1. The number of fused-ring (bicyclic) bond motifs is 1. The van der Waals surface area contributed by atoms with E-state index in [0.717, 1.165) is 36.5 Å². The first kappa shape index (κ1) is 17.3. The predicted octanol–water partition coefficient (Wildman–Crippen LogP) is 3.65. The van der Waals surface area contributed by atoms with Crippen molar-refractivity contribution in [3.05, 3.63) is 59.2 Å². The van der Waals surface area contributed by atoms with Gasteiger partial charge in [0.15, 0.2) is 0 Å². The Kier molecular flexibility index (Phi) is 4.67. The molecule has 3 rings (SSSR count). The van der Waals surface area contributed by atoms with Crippen molar-refractivity contribution in [1.82, 2.24) is 0 Å². The van der Waals surface area contributed by atoms with E-state index in [0.29, 0.717) is 5.56 Å².